The Hall–Kier alpha value is -2.55. The number of nitrogens with one attached hydrogen (secondary N) is 2. The van der Waals surface area contributed by atoms with E-state index in [2.05, 4.69) is 20.8 Å². The number of hydrogen-bond donors (Lipinski definition) is 2. The fraction of sp³-hybridized carbons (Fsp3) is 0.211. The lowest BCUT2D eigenvalue weighted by Gasteiger charge is -2.17. The summed E-state index contributed by atoms with van der Waals surface area (Å²) in [5, 5.41) is 15.2. The molecule has 0 saturated heterocycles. The molecule has 0 spiro atoms. The summed E-state index contributed by atoms with van der Waals surface area (Å²) in [5.74, 6) is -0.310. The molecule has 0 saturated carbocycles. The Morgan fingerprint density at radius 1 is 1.25 bits per heavy atom. The van der Waals surface area contributed by atoms with Crippen LogP contribution in [0.25, 0.3) is 0 Å². The van der Waals surface area contributed by atoms with Crippen LogP contribution in [0.15, 0.2) is 36.4 Å². The van der Waals surface area contributed by atoms with Crippen LogP contribution in [0, 0.1) is 5.82 Å². The zero-order valence-corrected chi connectivity index (χ0v) is 16.2. The van der Waals surface area contributed by atoms with Gasteiger partial charge in [-0.3, -0.25) is 10.1 Å². The molecule has 0 radical (unpaired) electrons. The van der Waals surface area contributed by atoms with Crippen molar-refractivity contribution in [2.45, 2.75) is 19.6 Å². The van der Waals surface area contributed by atoms with Crippen LogP contribution in [0.2, 0.25) is 5.02 Å². The van der Waals surface area contributed by atoms with E-state index in [4.69, 9.17) is 16.3 Å². The van der Waals surface area contributed by atoms with Crippen LogP contribution < -0.4 is 15.4 Å². The van der Waals surface area contributed by atoms with E-state index < -0.39 is 5.82 Å². The third-order valence-corrected chi connectivity index (χ3v) is 5.39. The topological polar surface area (TPSA) is 76.1 Å². The van der Waals surface area contributed by atoms with Crippen LogP contribution in [0.5, 0.6) is 5.75 Å². The minimum Gasteiger partial charge on any atom is -0.485 e. The second-order valence-corrected chi connectivity index (χ2v) is 7.70. The van der Waals surface area contributed by atoms with Crippen LogP contribution in [0.1, 0.15) is 26.5 Å². The van der Waals surface area contributed by atoms with Gasteiger partial charge in [0.1, 0.15) is 18.2 Å². The molecule has 144 valence electrons. The standard InChI is InChI=1S/C19H16ClFN4O2S/c20-15-8-14(21)3-4-16(15)27-10-17-24-25-19(28-17)23-18(26)12-1-2-13-9-22-6-5-11(13)7-12/h1-4,7-8,22H,5-6,9-10H2,(H,23,25,26). The van der Waals surface area contributed by atoms with Gasteiger partial charge in [-0.1, -0.05) is 29.0 Å². The summed E-state index contributed by atoms with van der Waals surface area (Å²) < 4.78 is 18.6. The van der Waals surface area contributed by atoms with Gasteiger partial charge >= 0.3 is 0 Å². The molecule has 0 atom stereocenters. The molecular weight excluding hydrogens is 403 g/mol. The molecule has 1 amide bonds. The van der Waals surface area contributed by atoms with Gasteiger partial charge in [0.25, 0.3) is 5.91 Å². The van der Waals surface area contributed by atoms with E-state index >= 15 is 0 Å². The zero-order chi connectivity index (χ0) is 19.5. The molecule has 2 N–H and O–H groups in total. The zero-order valence-electron chi connectivity index (χ0n) is 14.7. The first-order chi connectivity index (χ1) is 13.6. The maximum atomic E-state index is 13.1. The first-order valence-electron chi connectivity index (χ1n) is 8.62. The molecular formula is C19H16ClFN4O2S. The highest BCUT2D eigenvalue weighted by molar-refractivity contribution is 7.15. The van der Waals surface area contributed by atoms with Gasteiger partial charge in [0.15, 0.2) is 5.01 Å². The Labute approximate surface area is 169 Å². The Kier molecular flexibility index (Phi) is 5.52. The van der Waals surface area contributed by atoms with Crippen molar-refractivity contribution in [3.8, 4) is 5.75 Å². The third kappa shape index (κ3) is 4.30. The quantitative estimate of drug-likeness (QED) is 0.659. The van der Waals surface area contributed by atoms with Gasteiger partial charge in [-0.25, -0.2) is 4.39 Å². The first-order valence-corrected chi connectivity index (χ1v) is 9.82. The molecule has 3 aromatic rings. The molecule has 0 bridgehead atoms. The number of benzene rings is 2. The van der Waals surface area contributed by atoms with Crippen LogP contribution >= 0.6 is 22.9 Å². The van der Waals surface area contributed by atoms with Crippen molar-refractivity contribution in [2.75, 3.05) is 11.9 Å². The highest BCUT2D eigenvalue weighted by Crippen LogP contribution is 2.26. The first kappa shape index (κ1) is 18.8. The van der Waals surface area contributed by atoms with Crippen molar-refractivity contribution < 1.29 is 13.9 Å². The molecule has 0 aliphatic carbocycles. The highest BCUT2D eigenvalue weighted by atomic mass is 35.5. The van der Waals surface area contributed by atoms with E-state index in [-0.39, 0.29) is 17.5 Å². The summed E-state index contributed by atoms with van der Waals surface area (Å²) in [7, 11) is 0. The number of anilines is 1. The Morgan fingerprint density at radius 2 is 2.14 bits per heavy atom. The fourth-order valence-electron chi connectivity index (χ4n) is 2.88. The van der Waals surface area contributed by atoms with E-state index in [1.54, 1.807) is 0 Å². The smallest absolute Gasteiger partial charge is 0.257 e. The Morgan fingerprint density at radius 3 is 3.00 bits per heavy atom. The molecule has 1 aliphatic rings. The molecule has 0 fully saturated rings. The number of halogens is 2. The molecule has 4 rings (SSSR count). The number of hydrogen-bond acceptors (Lipinski definition) is 6. The second kappa shape index (κ2) is 8.22. The van der Waals surface area contributed by atoms with E-state index in [1.807, 2.05) is 18.2 Å². The number of carbonyl (C=O) groups excluding carboxylic acids is 1. The van der Waals surface area contributed by atoms with Crippen molar-refractivity contribution >= 4 is 34.0 Å². The number of amides is 1. The number of aromatic nitrogens is 2. The van der Waals surface area contributed by atoms with Gasteiger partial charge < -0.3 is 10.1 Å². The number of carbonyl (C=O) groups is 1. The van der Waals surface area contributed by atoms with Gasteiger partial charge in [0.2, 0.25) is 5.13 Å². The lowest BCUT2D eigenvalue weighted by molar-refractivity contribution is 0.102. The Balaban J connectivity index is 1.38. The largest absolute Gasteiger partial charge is 0.485 e. The van der Waals surface area contributed by atoms with Crippen LogP contribution in [0.3, 0.4) is 0 Å². The van der Waals surface area contributed by atoms with Gasteiger partial charge in [0.05, 0.1) is 5.02 Å². The summed E-state index contributed by atoms with van der Waals surface area (Å²) in [6.45, 7) is 1.86. The van der Waals surface area contributed by atoms with Crippen molar-refractivity contribution in [3.63, 3.8) is 0 Å². The van der Waals surface area contributed by atoms with E-state index in [0.717, 1.165) is 19.5 Å². The lowest BCUT2D eigenvalue weighted by atomic mass is 9.98. The van der Waals surface area contributed by atoms with Crippen molar-refractivity contribution in [3.05, 3.63) is 68.9 Å². The van der Waals surface area contributed by atoms with Crippen molar-refractivity contribution in [1.29, 1.82) is 0 Å². The third-order valence-electron chi connectivity index (χ3n) is 4.29. The SMILES string of the molecule is O=C(Nc1nnc(COc2ccc(F)cc2Cl)s1)c1ccc2c(c1)CCNC2. The lowest BCUT2D eigenvalue weighted by Crippen LogP contribution is -2.24. The average molecular weight is 419 g/mol. The average Bonchev–Trinajstić information content (AvgIpc) is 3.14. The second-order valence-electron chi connectivity index (χ2n) is 6.23. The molecule has 0 unspecified atom stereocenters. The van der Waals surface area contributed by atoms with Gasteiger partial charge in [-0.2, -0.15) is 0 Å². The van der Waals surface area contributed by atoms with Crippen LogP contribution in [-0.4, -0.2) is 22.6 Å². The normalized spacial score (nSPS) is 13.1. The predicted molar refractivity (Wildman–Crippen MR) is 105 cm³/mol. The number of nitrogens with zero attached hydrogens (tertiary/aromatic N) is 2. The summed E-state index contributed by atoms with van der Waals surface area (Å²) in [6.07, 6.45) is 0.905. The Bertz CT molecular complexity index is 1030. The summed E-state index contributed by atoms with van der Waals surface area (Å²) in [5.41, 5.74) is 3.00. The minimum atomic E-state index is -0.434. The molecule has 1 aromatic heterocycles. The minimum absolute atomic E-state index is 0.116. The number of ether oxygens (including phenoxy) is 1. The summed E-state index contributed by atoms with van der Waals surface area (Å²) in [4.78, 5) is 12.5. The van der Waals surface area contributed by atoms with Gasteiger partial charge in [-0.05, 0) is 54.4 Å². The molecule has 9 heteroatoms. The molecule has 28 heavy (non-hydrogen) atoms. The summed E-state index contributed by atoms with van der Waals surface area (Å²) >= 11 is 7.14. The molecule has 2 heterocycles. The number of rotatable bonds is 5. The summed E-state index contributed by atoms with van der Waals surface area (Å²) in [6, 6.07) is 9.60. The molecule has 6 nitrogen and oxygen atoms in total. The predicted octanol–water partition coefficient (Wildman–Crippen LogP) is 3.81. The molecule has 2 aromatic carbocycles. The van der Waals surface area contributed by atoms with Gasteiger partial charge in [0, 0.05) is 12.1 Å². The van der Waals surface area contributed by atoms with Crippen LogP contribution in [-0.2, 0) is 19.6 Å². The van der Waals surface area contributed by atoms with E-state index in [1.165, 1.54) is 40.7 Å². The van der Waals surface area contributed by atoms with Gasteiger partial charge in [-0.15, -0.1) is 10.2 Å². The molecule has 1 aliphatic heterocycles. The van der Waals surface area contributed by atoms with Crippen molar-refractivity contribution in [1.82, 2.24) is 15.5 Å². The monoisotopic (exact) mass is 418 g/mol. The van der Waals surface area contributed by atoms with E-state index in [9.17, 15) is 9.18 Å². The fourth-order valence-corrected chi connectivity index (χ4v) is 3.75. The maximum Gasteiger partial charge on any atom is 0.257 e. The highest BCUT2D eigenvalue weighted by Gasteiger charge is 2.15. The van der Waals surface area contributed by atoms with Crippen LogP contribution in [0.4, 0.5) is 9.52 Å². The van der Waals surface area contributed by atoms with Crippen molar-refractivity contribution in [2.24, 2.45) is 0 Å². The maximum absolute atomic E-state index is 13.1. The van der Waals surface area contributed by atoms with E-state index in [0.29, 0.717) is 21.5 Å². The number of fused-ring (bicyclic) bond motifs is 1.